The van der Waals surface area contributed by atoms with Crippen LogP contribution >= 0.6 is 11.8 Å². The van der Waals surface area contributed by atoms with E-state index in [0.717, 1.165) is 11.3 Å². The number of aromatic nitrogens is 3. The highest BCUT2D eigenvalue weighted by atomic mass is 32.2. The lowest BCUT2D eigenvalue weighted by molar-refractivity contribution is -0.118. The maximum atomic E-state index is 13.9. The van der Waals surface area contributed by atoms with Gasteiger partial charge in [0.25, 0.3) is 0 Å². The predicted molar refractivity (Wildman–Crippen MR) is 126 cm³/mol. The summed E-state index contributed by atoms with van der Waals surface area (Å²) in [5.74, 6) is -0.152. The van der Waals surface area contributed by atoms with Crippen LogP contribution in [0.3, 0.4) is 0 Å². The quantitative estimate of drug-likeness (QED) is 0.337. The lowest BCUT2D eigenvalue weighted by atomic mass is 10.1. The second-order valence-corrected chi connectivity index (χ2v) is 8.25. The summed E-state index contributed by atoms with van der Waals surface area (Å²) >= 11 is 1.24. The molecule has 1 N–H and O–H groups in total. The molecule has 4 rings (SSSR count). The molecule has 3 aromatic carbocycles. The molecule has 0 spiro atoms. The summed E-state index contributed by atoms with van der Waals surface area (Å²) in [5.41, 5.74) is 1.75. The summed E-state index contributed by atoms with van der Waals surface area (Å²) in [4.78, 5) is 12.3. The minimum absolute atomic E-state index is 0.00720. The number of para-hydroxylation sites is 2. The van der Waals surface area contributed by atoms with Crippen LogP contribution < -0.4 is 10.1 Å². The van der Waals surface area contributed by atoms with Crippen molar-refractivity contribution in [3.05, 3.63) is 102 Å². The van der Waals surface area contributed by atoms with Crippen LogP contribution in [0.5, 0.6) is 5.75 Å². The van der Waals surface area contributed by atoms with Crippen molar-refractivity contribution in [2.45, 2.75) is 18.2 Å². The molecule has 0 aliphatic rings. The van der Waals surface area contributed by atoms with Gasteiger partial charge in [0.1, 0.15) is 12.4 Å². The fourth-order valence-corrected chi connectivity index (χ4v) is 4.01. The van der Waals surface area contributed by atoms with E-state index < -0.39 is 5.82 Å². The molecule has 0 saturated heterocycles. The third-order valence-corrected chi connectivity index (χ3v) is 5.82. The maximum Gasteiger partial charge on any atom is 0.230 e. The number of amides is 1. The van der Waals surface area contributed by atoms with E-state index in [4.69, 9.17) is 4.74 Å². The first-order valence-corrected chi connectivity index (χ1v) is 11.6. The van der Waals surface area contributed by atoms with Crippen molar-refractivity contribution in [1.29, 1.82) is 0 Å². The first-order valence-electron chi connectivity index (χ1n) is 10.6. The molecule has 9 heteroatoms. The zero-order valence-corrected chi connectivity index (χ0v) is 19.0. The summed E-state index contributed by atoms with van der Waals surface area (Å²) in [5, 5.41) is 11.8. The molecule has 0 saturated carbocycles. The van der Waals surface area contributed by atoms with Crippen molar-refractivity contribution in [2.24, 2.45) is 0 Å². The van der Waals surface area contributed by atoms with Crippen LogP contribution in [-0.4, -0.2) is 33.0 Å². The van der Waals surface area contributed by atoms with E-state index in [1.54, 1.807) is 34.9 Å². The number of ether oxygens (including phenoxy) is 1. The maximum absolute atomic E-state index is 13.9. The second kappa shape index (κ2) is 11.4. The van der Waals surface area contributed by atoms with E-state index in [1.165, 1.54) is 30.0 Å². The molecule has 174 valence electrons. The fraction of sp³-hybridized carbons (Fsp3) is 0.160. The molecule has 6 nitrogen and oxygen atoms in total. The van der Waals surface area contributed by atoms with E-state index in [1.807, 2.05) is 30.3 Å². The molecule has 1 aromatic heterocycles. The van der Waals surface area contributed by atoms with E-state index in [2.05, 4.69) is 15.5 Å². The topological polar surface area (TPSA) is 69.0 Å². The molecule has 0 bridgehead atoms. The fourth-order valence-electron chi connectivity index (χ4n) is 3.21. The highest BCUT2D eigenvalue weighted by molar-refractivity contribution is 7.99. The average molecular weight is 481 g/mol. The number of nitrogens with one attached hydrogen (secondary N) is 1. The third-order valence-electron chi connectivity index (χ3n) is 4.89. The van der Waals surface area contributed by atoms with Crippen molar-refractivity contribution < 1.29 is 18.3 Å². The first-order chi connectivity index (χ1) is 16.6. The Morgan fingerprint density at radius 3 is 2.44 bits per heavy atom. The summed E-state index contributed by atoms with van der Waals surface area (Å²) in [6.07, 6.45) is 0.606. The predicted octanol–water partition coefficient (Wildman–Crippen LogP) is 4.58. The molecule has 34 heavy (non-hydrogen) atoms. The van der Waals surface area contributed by atoms with Gasteiger partial charge in [-0.1, -0.05) is 54.2 Å². The van der Waals surface area contributed by atoms with E-state index in [-0.39, 0.29) is 29.8 Å². The molecule has 0 aliphatic carbocycles. The average Bonchev–Trinajstić information content (AvgIpc) is 3.27. The number of halogens is 2. The number of carbonyl (C=O) groups excluding carboxylic acids is 1. The molecule has 4 aromatic rings. The molecular formula is C25H22F2N4O2S. The van der Waals surface area contributed by atoms with Gasteiger partial charge in [0.2, 0.25) is 5.91 Å². The van der Waals surface area contributed by atoms with Gasteiger partial charge in [0.05, 0.1) is 5.75 Å². The smallest absolute Gasteiger partial charge is 0.230 e. The van der Waals surface area contributed by atoms with Gasteiger partial charge in [-0.3, -0.25) is 9.36 Å². The van der Waals surface area contributed by atoms with Gasteiger partial charge < -0.3 is 10.1 Å². The molecule has 1 amide bonds. The van der Waals surface area contributed by atoms with Crippen molar-refractivity contribution in [3.8, 4) is 11.4 Å². The molecule has 0 atom stereocenters. The van der Waals surface area contributed by atoms with Gasteiger partial charge in [-0.05, 0) is 48.4 Å². The van der Waals surface area contributed by atoms with Crippen LogP contribution in [0.1, 0.15) is 11.4 Å². The minimum Gasteiger partial charge on any atom is -0.483 e. The van der Waals surface area contributed by atoms with Crippen LogP contribution in [0.25, 0.3) is 5.69 Å². The summed E-state index contributed by atoms with van der Waals surface area (Å²) in [6.45, 7) is 0.450. The standard InChI is InChI=1S/C25H22F2N4O2S/c26-19-12-10-18(11-13-19)14-15-28-24(32)17-34-25-30-29-23(31(25)20-6-2-1-3-7-20)16-33-22-9-5-4-8-21(22)27/h1-13H,14-17H2,(H,28,32). The van der Waals surface area contributed by atoms with Crippen LogP contribution in [-0.2, 0) is 17.8 Å². The molecule has 0 fully saturated rings. The Balaban J connectivity index is 1.39. The number of nitrogens with zero attached hydrogens (tertiary/aromatic N) is 3. The highest BCUT2D eigenvalue weighted by Crippen LogP contribution is 2.23. The van der Waals surface area contributed by atoms with Crippen LogP contribution in [0.4, 0.5) is 8.78 Å². The van der Waals surface area contributed by atoms with Crippen molar-refractivity contribution >= 4 is 17.7 Å². The lowest BCUT2D eigenvalue weighted by Crippen LogP contribution is -2.27. The highest BCUT2D eigenvalue weighted by Gasteiger charge is 2.17. The minimum atomic E-state index is -0.458. The monoisotopic (exact) mass is 480 g/mol. The van der Waals surface area contributed by atoms with Gasteiger partial charge >= 0.3 is 0 Å². The Morgan fingerprint density at radius 1 is 0.941 bits per heavy atom. The lowest BCUT2D eigenvalue weighted by Gasteiger charge is -2.11. The number of benzene rings is 3. The third kappa shape index (κ3) is 6.20. The molecule has 0 unspecified atom stereocenters. The van der Waals surface area contributed by atoms with E-state index in [0.29, 0.717) is 23.9 Å². The van der Waals surface area contributed by atoms with Crippen molar-refractivity contribution in [3.63, 3.8) is 0 Å². The van der Waals surface area contributed by atoms with E-state index in [9.17, 15) is 13.6 Å². The molecule has 0 aliphatic heterocycles. The molecular weight excluding hydrogens is 458 g/mol. The zero-order valence-electron chi connectivity index (χ0n) is 18.2. The number of hydrogen-bond acceptors (Lipinski definition) is 5. The zero-order chi connectivity index (χ0) is 23.8. The van der Waals surface area contributed by atoms with Gasteiger partial charge in [-0.15, -0.1) is 10.2 Å². The van der Waals surface area contributed by atoms with Crippen LogP contribution in [0.2, 0.25) is 0 Å². The number of rotatable bonds is 10. The van der Waals surface area contributed by atoms with Crippen LogP contribution in [0, 0.1) is 11.6 Å². The van der Waals surface area contributed by atoms with E-state index >= 15 is 0 Å². The van der Waals surface area contributed by atoms with Gasteiger partial charge in [-0.2, -0.15) is 0 Å². The summed E-state index contributed by atoms with van der Waals surface area (Å²) in [7, 11) is 0. The van der Waals surface area contributed by atoms with Gasteiger partial charge in [-0.25, -0.2) is 8.78 Å². The first kappa shape index (κ1) is 23.4. The molecule has 0 radical (unpaired) electrons. The summed E-state index contributed by atoms with van der Waals surface area (Å²) in [6, 6.07) is 21.8. The van der Waals surface area contributed by atoms with Crippen LogP contribution in [0.15, 0.2) is 84.0 Å². The number of thioether (sulfide) groups is 1. The summed E-state index contributed by atoms with van der Waals surface area (Å²) < 4.78 is 34.3. The second-order valence-electron chi connectivity index (χ2n) is 7.30. The van der Waals surface area contributed by atoms with Crippen molar-refractivity contribution in [2.75, 3.05) is 12.3 Å². The number of carbonyl (C=O) groups is 1. The Bertz CT molecular complexity index is 1230. The van der Waals surface area contributed by atoms with Gasteiger partial charge in [0, 0.05) is 12.2 Å². The van der Waals surface area contributed by atoms with Crippen molar-refractivity contribution in [1.82, 2.24) is 20.1 Å². The largest absolute Gasteiger partial charge is 0.483 e. The number of hydrogen-bond donors (Lipinski definition) is 1. The molecule has 1 heterocycles. The van der Waals surface area contributed by atoms with Gasteiger partial charge in [0.15, 0.2) is 22.5 Å². The normalized spacial score (nSPS) is 10.8. The Hall–Kier alpha value is -3.72. The Kier molecular flexibility index (Phi) is 7.87. The SMILES string of the molecule is O=C(CSc1nnc(COc2ccccc2F)n1-c1ccccc1)NCCc1ccc(F)cc1. The Labute approximate surface area is 200 Å². The Morgan fingerprint density at radius 2 is 1.68 bits per heavy atom.